The van der Waals surface area contributed by atoms with E-state index in [9.17, 15) is 0 Å². The highest BCUT2D eigenvalue weighted by Crippen LogP contribution is 2.47. The molecule has 0 N–H and O–H groups in total. The zero-order valence-corrected chi connectivity index (χ0v) is 27.3. The van der Waals surface area contributed by atoms with Gasteiger partial charge < -0.3 is 8.44 Å². The third-order valence-electron chi connectivity index (χ3n) is 6.93. The van der Waals surface area contributed by atoms with E-state index < -0.39 is 33.0 Å². The topological polar surface area (TPSA) is 8.81 Å². The minimum absolute atomic E-state index is 0.116. The van der Waals surface area contributed by atoms with Gasteiger partial charge in [0.05, 0.1) is 8.74 Å². The molecule has 0 saturated carbocycles. The van der Waals surface area contributed by atoms with Crippen LogP contribution in [0.5, 0.6) is 0 Å². The van der Waals surface area contributed by atoms with Gasteiger partial charge in [0.25, 0.3) is 0 Å². The number of rotatable bonds is 5. The highest BCUT2D eigenvalue weighted by atomic mass is 28.5. The third kappa shape index (κ3) is 4.26. The van der Waals surface area contributed by atoms with Crippen molar-refractivity contribution < 1.29 is 4.22 Å². The molecule has 0 bridgehead atoms. The van der Waals surface area contributed by atoms with E-state index in [2.05, 4.69) is 139 Å². The minimum atomic E-state index is -1.54. The summed E-state index contributed by atoms with van der Waals surface area (Å²) in [6.45, 7) is 39.0. The molecule has 2 aromatic rings. The van der Waals surface area contributed by atoms with Crippen molar-refractivity contribution in [2.45, 2.75) is 115 Å². The summed E-state index contributed by atoms with van der Waals surface area (Å²) in [5.41, 5.74) is 1.62. The minimum Gasteiger partial charge on any atom is -0.429 e. The fourth-order valence-electron chi connectivity index (χ4n) is 7.19. The number of hydrogen-bond acceptors (Lipinski definition) is 0. The van der Waals surface area contributed by atoms with Crippen LogP contribution in [0.2, 0.25) is 58.9 Å². The van der Waals surface area contributed by atoms with Crippen LogP contribution in [0.1, 0.15) is 41.5 Å². The van der Waals surface area contributed by atoms with Crippen LogP contribution < -0.4 is 4.22 Å². The van der Waals surface area contributed by atoms with Crippen LogP contribution in [0.4, 0.5) is 0 Å². The Labute approximate surface area is 198 Å². The van der Waals surface area contributed by atoms with Crippen molar-refractivity contribution >= 4 is 33.0 Å². The van der Waals surface area contributed by atoms with Gasteiger partial charge in [-0.3, -0.25) is 0 Å². The molecule has 2 rings (SSSR count). The van der Waals surface area contributed by atoms with Crippen LogP contribution in [-0.2, 0) is 15.0 Å². The van der Waals surface area contributed by atoms with Crippen molar-refractivity contribution in [1.29, 1.82) is 0 Å². The SMILES string of the molecule is CC(C)(C)n1c(-c2ccccc2)[n+](C(C)(C)C)[si-]1C([Si](C)(C)C)([Si](C)(C)C)[Si](C)(C)C. The molecule has 0 aliphatic carbocycles. The Kier molecular flexibility index (Phi) is 6.75. The van der Waals surface area contributed by atoms with Gasteiger partial charge >= 0.3 is 0 Å². The average Bonchev–Trinajstić information content (AvgIpc) is 2.44. The Morgan fingerprint density at radius 1 is 0.677 bits per heavy atom. The van der Waals surface area contributed by atoms with Gasteiger partial charge in [-0.1, -0.05) is 81.0 Å². The van der Waals surface area contributed by atoms with Crippen molar-refractivity contribution in [1.82, 2.24) is 4.22 Å². The Hall–Kier alpha value is -0.442. The van der Waals surface area contributed by atoms with Crippen LogP contribution in [0.25, 0.3) is 11.4 Å². The zero-order valence-electron chi connectivity index (χ0n) is 23.3. The van der Waals surface area contributed by atoms with E-state index in [0.717, 1.165) is 0 Å². The van der Waals surface area contributed by atoms with Crippen molar-refractivity contribution in [3.05, 3.63) is 30.3 Å². The quantitative estimate of drug-likeness (QED) is 0.398. The van der Waals surface area contributed by atoms with E-state index in [1.54, 1.807) is 0 Å². The second-order valence-corrected chi connectivity index (χ2v) is 35.6. The maximum atomic E-state index is 2.95. The molecule has 2 nitrogen and oxygen atoms in total. The average molecular weight is 491 g/mol. The summed E-state index contributed by atoms with van der Waals surface area (Å²) in [5, 5.41) is 0. The lowest BCUT2D eigenvalue weighted by molar-refractivity contribution is -0.715. The Bertz CT molecular complexity index is 837. The van der Waals surface area contributed by atoms with Crippen LogP contribution >= 0.6 is 0 Å². The molecule has 1 heterocycles. The van der Waals surface area contributed by atoms with Crippen LogP contribution in [0, 0.1) is 0 Å². The highest BCUT2D eigenvalue weighted by molar-refractivity contribution is 7.22. The molecule has 1 aromatic carbocycles. The van der Waals surface area contributed by atoms with Gasteiger partial charge in [-0.25, -0.2) is 0 Å². The van der Waals surface area contributed by atoms with Gasteiger partial charge in [-0.2, -0.15) is 0 Å². The molecule has 0 amide bonds. The standard InChI is InChI=1S/C25H50N2Si4/c1-23(2,3)26-22(21-19-17-16-18-20-21)27(24(4,5)6)28(26)25(29(7,8)9,30(10,11)12)31(13,14)15/h16-20H,1-15H3. The maximum Gasteiger partial charge on any atom is 0.152 e. The predicted octanol–water partition coefficient (Wildman–Crippen LogP) is 7.02. The lowest BCUT2D eigenvalue weighted by atomic mass is 10.1. The summed E-state index contributed by atoms with van der Waals surface area (Å²) in [6.07, 6.45) is 0. The van der Waals surface area contributed by atoms with Gasteiger partial charge in [-0.15, -0.1) is 0 Å². The molecule has 1 aromatic heterocycles. The number of aromatic nitrogens is 2. The third-order valence-corrected chi connectivity index (χ3v) is 39.2. The summed E-state index contributed by atoms with van der Waals surface area (Å²) >= 11 is 0. The van der Waals surface area contributed by atoms with Gasteiger partial charge in [0.15, 0.2) is 5.82 Å². The van der Waals surface area contributed by atoms with Crippen LogP contribution in [0.15, 0.2) is 30.3 Å². The maximum absolute atomic E-state index is 2.95. The molecule has 6 heteroatoms. The molecule has 0 atom stereocenters. The summed E-state index contributed by atoms with van der Waals surface area (Å²) in [7, 11) is -5.61. The van der Waals surface area contributed by atoms with Gasteiger partial charge in [0, 0.05) is 40.9 Å². The van der Waals surface area contributed by atoms with Crippen LogP contribution in [-0.4, -0.2) is 37.2 Å². The summed E-state index contributed by atoms with van der Waals surface area (Å²) in [6, 6.07) is 11.2. The first kappa shape index (κ1) is 26.8. The summed E-state index contributed by atoms with van der Waals surface area (Å²) in [4.78, 5) is 0. The lowest BCUT2D eigenvalue weighted by Crippen LogP contribution is -2.88. The van der Waals surface area contributed by atoms with Gasteiger partial charge in [0.1, 0.15) is 0 Å². The molecule has 31 heavy (non-hydrogen) atoms. The Morgan fingerprint density at radius 2 is 1.06 bits per heavy atom. The molecule has 176 valence electrons. The second kappa shape index (κ2) is 7.81. The molecule has 0 aliphatic heterocycles. The van der Waals surface area contributed by atoms with E-state index in [1.807, 2.05) is 0 Å². The fourth-order valence-corrected chi connectivity index (χ4v) is 47.1. The highest BCUT2D eigenvalue weighted by Gasteiger charge is 2.60. The van der Waals surface area contributed by atoms with Crippen molar-refractivity contribution in [2.24, 2.45) is 0 Å². The number of benzene rings is 1. The second-order valence-electron chi connectivity index (χ2n) is 14.5. The van der Waals surface area contributed by atoms with Crippen molar-refractivity contribution in [2.75, 3.05) is 0 Å². The Balaban J connectivity index is 3.22. The largest absolute Gasteiger partial charge is 0.429 e. The van der Waals surface area contributed by atoms with Gasteiger partial charge in [0.2, 0.25) is 0 Å². The molecule has 0 unspecified atom stereocenters. The monoisotopic (exact) mass is 490 g/mol. The van der Waals surface area contributed by atoms with E-state index in [-0.39, 0.29) is 11.1 Å². The molecular weight excluding hydrogens is 441 g/mol. The Morgan fingerprint density at radius 3 is 1.35 bits per heavy atom. The fraction of sp³-hybridized carbons (Fsp3) is 0.720. The van der Waals surface area contributed by atoms with Gasteiger partial charge in [-0.05, 0) is 53.7 Å². The van der Waals surface area contributed by atoms with E-state index >= 15 is 0 Å². The lowest BCUT2D eigenvalue weighted by Gasteiger charge is -2.68. The molecule has 0 spiro atoms. The predicted molar refractivity (Wildman–Crippen MR) is 150 cm³/mol. The first-order valence-corrected chi connectivity index (χ1v) is 23.9. The van der Waals surface area contributed by atoms with Crippen molar-refractivity contribution in [3.8, 4) is 11.4 Å². The first-order chi connectivity index (χ1) is 13.6. The van der Waals surface area contributed by atoms with Crippen molar-refractivity contribution in [3.63, 3.8) is 0 Å². The molecular formula is C25H50N2Si4. The normalized spacial score (nSPS) is 14.9. The molecule has 0 aliphatic rings. The summed E-state index contributed by atoms with van der Waals surface area (Å²) < 4.78 is 6.43. The molecule has 0 radical (unpaired) electrons. The number of hydrogen-bond donors (Lipinski definition) is 0. The molecule has 0 saturated heterocycles. The zero-order chi connectivity index (χ0) is 24.4. The summed E-state index contributed by atoms with van der Waals surface area (Å²) in [5.74, 6) is 1.48. The van der Waals surface area contributed by atoms with Crippen LogP contribution in [0.3, 0.4) is 0 Å². The molecule has 0 fully saturated rings. The van der Waals surface area contributed by atoms with E-state index in [1.165, 1.54) is 11.4 Å². The van der Waals surface area contributed by atoms with E-state index in [0.29, 0.717) is 3.91 Å². The first-order valence-electron chi connectivity index (χ1n) is 12.0. The van der Waals surface area contributed by atoms with E-state index in [4.69, 9.17) is 0 Å². The number of nitrogens with zero attached hydrogens (tertiary/aromatic N) is 2. The smallest absolute Gasteiger partial charge is 0.152 e.